The van der Waals surface area contributed by atoms with Crippen molar-refractivity contribution in [2.45, 2.75) is 0 Å². The van der Waals surface area contributed by atoms with Crippen LogP contribution in [0.15, 0.2) is 60.7 Å². The molecule has 0 bridgehead atoms. The molecule has 0 aliphatic carbocycles. The number of ketones is 2. The lowest BCUT2D eigenvalue weighted by Crippen LogP contribution is -2.03. The van der Waals surface area contributed by atoms with Crippen molar-refractivity contribution < 1.29 is 24.2 Å². The molecule has 0 unspecified atom stereocenters. The van der Waals surface area contributed by atoms with E-state index in [9.17, 15) is 14.4 Å². The minimum Gasteiger partial charge on any atom is -0.465 e. The van der Waals surface area contributed by atoms with Crippen LogP contribution >= 0.6 is 0 Å². The summed E-state index contributed by atoms with van der Waals surface area (Å²) in [6.45, 7) is -0.529. The molecule has 1 N–H and O–H groups in total. The van der Waals surface area contributed by atoms with E-state index in [4.69, 9.17) is 5.11 Å². The smallest absolute Gasteiger partial charge is 0.337 e. The Balaban J connectivity index is 1.97. The van der Waals surface area contributed by atoms with E-state index in [1.165, 1.54) is 19.3 Å². The summed E-state index contributed by atoms with van der Waals surface area (Å²) >= 11 is 0. The quantitative estimate of drug-likeness (QED) is 0.472. The maximum atomic E-state index is 11.9. The number of carbonyl (C=O) groups excluding carboxylic acids is 3. The van der Waals surface area contributed by atoms with Gasteiger partial charge in [0.1, 0.15) is 6.61 Å². The van der Waals surface area contributed by atoms with E-state index in [-0.39, 0.29) is 11.6 Å². The van der Waals surface area contributed by atoms with Gasteiger partial charge in [-0.15, -0.1) is 0 Å². The molecule has 0 atom stereocenters. The molecule has 2 rings (SSSR count). The number of methoxy groups -OCH3 is 1. The number of carbonyl (C=O) groups is 3. The van der Waals surface area contributed by atoms with Gasteiger partial charge in [-0.1, -0.05) is 48.6 Å². The van der Waals surface area contributed by atoms with Crippen molar-refractivity contribution in [3.63, 3.8) is 0 Å². The van der Waals surface area contributed by atoms with Crippen LogP contribution < -0.4 is 0 Å². The Hall–Kier alpha value is -3.31. The van der Waals surface area contributed by atoms with E-state index in [1.807, 2.05) is 0 Å². The van der Waals surface area contributed by atoms with E-state index in [1.54, 1.807) is 60.7 Å². The largest absolute Gasteiger partial charge is 0.465 e. The highest BCUT2D eigenvalue weighted by Crippen LogP contribution is 2.09. The molecular formula is C21H18O5. The van der Waals surface area contributed by atoms with Crippen molar-refractivity contribution in [3.8, 4) is 0 Å². The topological polar surface area (TPSA) is 80.7 Å². The minimum absolute atomic E-state index is 0.197. The molecule has 0 heterocycles. The van der Waals surface area contributed by atoms with Crippen LogP contribution in [0.4, 0.5) is 0 Å². The highest BCUT2D eigenvalue weighted by atomic mass is 16.5. The molecule has 0 aliphatic heterocycles. The van der Waals surface area contributed by atoms with Crippen LogP contribution in [-0.4, -0.2) is 36.4 Å². The number of hydrogen-bond donors (Lipinski definition) is 1. The molecule has 0 aromatic heterocycles. The molecule has 0 amide bonds. The van der Waals surface area contributed by atoms with E-state index in [0.29, 0.717) is 11.1 Å². The first-order chi connectivity index (χ1) is 12.5. The number of Topliss-reactive ketones (excluding diaryl/α,β-unsaturated/α-hetero) is 1. The van der Waals surface area contributed by atoms with Crippen molar-refractivity contribution in [1.82, 2.24) is 0 Å². The van der Waals surface area contributed by atoms with E-state index in [0.717, 1.165) is 11.1 Å². The minimum atomic E-state index is -0.529. The molecule has 2 aromatic rings. The third-order valence-electron chi connectivity index (χ3n) is 3.59. The Morgan fingerprint density at radius 1 is 0.846 bits per heavy atom. The van der Waals surface area contributed by atoms with Gasteiger partial charge in [-0.05, 0) is 35.4 Å². The van der Waals surface area contributed by atoms with Crippen molar-refractivity contribution >= 4 is 29.7 Å². The summed E-state index contributed by atoms with van der Waals surface area (Å²) < 4.78 is 4.62. The average Bonchev–Trinajstić information content (AvgIpc) is 2.70. The summed E-state index contributed by atoms with van der Waals surface area (Å²) in [5, 5.41) is 8.80. The molecule has 0 saturated heterocycles. The Kier molecular flexibility index (Phi) is 6.76. The number of hydrogen-bond acceptors (Lipinski definition) is 5. The summed E-state index contributed by atoms with van der Waals surface area (Å²) in [4.78, 5) is 34.6. The average molecular weight is 350 g/mol. The molecule has 0 saturated carbocycles. The highest BCUT2D eigenvalue weighted by molar-refractivity contribution is 6.04. The Morgan fingerprint density at radius 2 is 1.31 bits per heavy atom. The van der Waals surface area contributed by atoms with Gasteiger partial charge in [-0.2, -0.15) is 0 Å². The number of aliphatic hydroxyl groups excluding tert-OH is 1. The second-order valence-corrected chi connectivity index (χ2v) is 5.39. The fourth-order valence-electron chi connectivity index (χ4n) is 2.13. The number of aliphatic hydroxyl groups is 1. The molecule has 0 radical (unpaired) electrons. The lowest BCUT2D eigenvalue weighted by Gasteiger charge is -1.99. The van der Waals surface area contributed by atoms with Crippen molar-refractivity contribution in [1.29, 1.82) is 0 Å². The zero-order valence-corrected chi connectivity index (χ0v) is 14.2. The summed E-state index contributed by atoms with van der Waals surface area (Å²) in [6.07, 6.45) is 6.13. The summed E-state index contributed by atoms with van der Waals surface area (Å²) in [5.41, 5.74) is 2.42. The van der Waals surface area contributed by atoms with Crippen LogP contribution in [0.5, 0.6) is 0 Å². The zero-order chi connectivity index (χ0) is 18.9. The van der Waals surface area contributed by atoms with Crippen LogP contribution in [0, 0.1) is 0 Å². The van der Waals surface area contributed by atoms with Crippen molar-refractivity contribution in [2.24, 2.45) is 0 Å². The SMILES string of the molecule is COC(=O)c1ccc(/C=C/C(=O)/C=C/c2ccc(C(=O)CO)cc2)cc1. The van der Waals surface area contributed by atoms with Gasteiger partial charge in [0.2, 0.25) is 0 Å². The predicted molar refractivity (Wildman–Crippen MR) is 98.7 cm³/mol. The second kappa shape index (κ2) is 9.25. The van der Waals surface area contributed by atoms with Gasteiger partial charge in [-0.3, -0.25) is 9.59 Å². The maximum Gasteiger partial charge on any atom is 0.337 e. The highest BCUT2D eigenvalue weighted by Gasteiger charge is 2.04. The molecule has 26 heavy (non-hydrogen) atoms. The lowest BCUT2D eigenvalue weighted by atomic mass is 10.1. The number of allylic oxidation sites excluding steroid dienone is 2. The monoisotopic (exact) mass is 350 g/mol. The van der Waals surface area contributed by atoms with Crippen molar-refractivity contribution in [3.05, 3.63) is 82.9 Å². The number of rotatable bonds is 7. The first-order valence-electron chi connectivity index (χ1n) is 7.86. The summed E-state index contributed by atoms with van der Waals surface area (Å²) in [7, 11) is 1.32. The molecule has 0 fully saturated rings. The Morgan fingerprint density at radius 3 is 1.73 bits per heavy atom. The number of benzene rings is 2. The predicted octanol–water partition coefficient (Wildman–Crippen LogP) is 2.94. The van der Waals surface area contributed by atoms with Crippen LogP contribution in [0.1, 0.15) is 31.8 Å². The van der Waals surface area contributed by atoms with Crippen molar-refractivity contribution in [2.75, 3.05) is 13.7 Å². The van der Waals surface area contributed by atoms with Gasteiger partial charge >= 0.3 is 5.97 Å². The van der Waals surface area contributed by atoms with Crippen LogP contribution in [0.2, 0.25) is 0 Å². The third kappa shape index (κ3) is 5.36. The standard InChI is InChI=1S/C21H18O5/c1-26-21(25)18-10-4-16(5-11-18)7-13-19(23)12-6-15-2-8-17(9-3-15)20(24)14-22/h2-13,22H,14H2,1H3/b12-6+,13-7+. The molecule has 5 nitrogen and oxygen atoms in total. The maximum absolute atomic E-state index is 11.9. The van der Waals surface area contributed by atoms with Gasteiger partial charge in [0.15, 0.2) is 11.6 Å². The van der Waals surface area contributed by atoms with Gasteiger partial charge in [0.05, 0.1) is 12.7 Å². The summed E-state index contributed by atoms with van der Waals surface area (Å²) in [6, 6.07) is 13.3. The Labute approximate surface area is 151 Å². The number of ether oxygens (including phenoxy) is 1. The molecule has 0 spiro atoms. The van der Waals surface area contributed by atoms with Crippen LogP contribution in [-0.2, 0) is 9.53 Å². The van der Waals surface area contributed by atoms with Gasteiger partial charge in [-0.25, -0.2) is 4.79 Å². The van der Waals surface area contributed by atoms with E-state index in [2.05, 4.69) is 4.74 Å². The second-order valence-electron chi connectivity index (χ2n) is 5.39. The Bertz CT molecular complexity index is 771. The molecule has 0 aliphatic rings. The van der Waals surface area contributed by atoms with Crippen LogP contribution in [0.25, 0.3) is 12.2 Å². The fourth-order valence-corrected chi connectivity index (χ4v) is 2.13. The van der Waals surface area contributed by atoms with Gasteiger partial charge in [0, 0.05) is 5.56 Å². The first-order valence-corrected chi connectivity index (χ1v) is 7.86. The lowest BCUT2D eigenvalue weighted by molar-refractivity contribution is -0.110. The molecule has 5 heteroatoms. The molecule has 2 aromatic carbocycles. The van der Waals surface area contributed by atoms with E-state index < -0.39 is 12.6 Å². The zero-order valence-electron chi connectivity index (χ0n) is 14.2. The molecule has 132 valence electrons. The van der Waals surface area contributed by atoms with E-state index >= 15 is 0 Å². The third-order valence-corrected chi connectivity index (χ3v) is 3.59. The van der Waals surface area contributed by atoms with Gasteiger partial charge < -0.3 is 9.84 Å². The number of esters is 1. The van der Waals surface area contributed by atoms with Crippen LogP contribution in [0.3, 0.4) is 0 Å². The normalized spacial score (nSPS) is 11.0. The first kappa shape index (κ1) is 19.0. The molecular weight excluding hydrogens is 332 g/mol. The fraction of sp³-hybridized carbons (Fsp3) is 0.0952. The summed E-state index contributed by atoms with van der Waals surface area (Å²) in [5.74, 6) is -0.957. The van der Waals surface area contributed by atoms with Gasteiger partial charge in [0.25, 0.3) is 0 Å².